The molecule has 0 saturated carbocycles. The second kappa shape index (κ2) is 5.99. The highest BCUT2D eigenvalue weighted by Crippen LogP contribution is 2.33. The third kappa shape index (κ3) is 3.53. The van der Waals surface area contributed by atoms with Crippen molar-refractivity contribution in [2.24, 2.45) is 0 Å². The molecule has 0 aliphatic rings. The normalized spacial score (nSPS) is 10.5. The van der Waals surface area contributed by atoms with Crippen molar-refractivity contribution in [2.45, 2.75) is 6.61 Å². The van der Waals surface area contributed by atoms with Crippen LogP contribution in [0.5, 0.6) is 5.75 Å². The van der Waals surface area contributed by atoms with Gasteiger partial charge in [-0.25, -0.2) is 4.39 Å². The van der Waals surface area contributed by atoms with Crippen molar-refractivity contribution >= 4 is 44.8 Å². The SMILES string of the molecule is Nc1cc(F)cc(Br)c1OCc1ccc(Cl)c(Cl)c1. The molecule has 0 aliphatic heterocycles. The van der Waals surface area contributed by atoms with Crippen LogP contribution in [0.25, 0.3) is 0 Å². The molecule has 0 amide bonds. The quantitative estimate of drug-likeness (QED) is 0.773. The van der Waals surface area contributed by atoms with E-state index in [1.54, 1.807) is 18.2 Å². The molecular weight excluding hydrogens is 356 g/mol. The lowest BCUT2D eigenvalue weighted by Gasteiger charge is -2.11. The Hall–Kier alpha value is -0.970. The summed E-state index contributed by atoms with van der Waals surface area (Å²) in [6, 6.07) is 7.68. The van der Waals surface area contributed by atoms with Crippen LogP contribution in [-0.2, 0) is 6.61 Å². The van der Waals surface area contributed by atoms with Crippen LogP contribution in [0.3, 0.4) is 0 Å². The van der Waals surface area contributed by atoms with Gasteiger partial charge in [-0.05, 0) is 39.7 Å². The predicted molar refractivity (Wildman–Crippen MR) is 79.3 cm³/mol. The van der Waals surface area contributed by atoms with Gasteiger partial charge in [-0.3, -0.25) is 0 Å². The minimum atomic E-state index is -0.425. The van der Waals surface area contributed by atoms with E-state index in [1.165, 1.54) is 12.1 Å². The zero-order valence-corrected chi connectivity index (χ0v) is 12.7. The largest absolute Gasteiger partial charge is 0.486 e. The van der Waals surface area contributed by atoms with E-state index in [1.807, 2.05) is 0 Å². The maximum Gasteiger partial charge on any atom is 0.157 e. The van der Waals surface area contributed by atoms with Crippen LogP contribution < -0.4 is 10.5 Å². The van der Waals surface area contributed by atoms with E-state index in [0.717, 1.165) is 5.56 Å². The number of nitrogen functional groups attached to an aromatic ring is 1. The molecule has 0 atom stereocenters. The van der Waals surface area contributed by atoms with Crippen molar-refractivity contribution in [3.05, 3.63) is 56.2 Å². The minimum Gasteiger partial charge on any atom is -0.486 e. The van der Waals surface area contributed by atoms with E-state index in [2.05, 4.69) is 15.9 Å². The molecular formula is C13H9BrCl2FNO. The first kappa shape index (κ1) is 14.4. The minimum absolute atomic E-state index is 0.229. The molecule has 0 radical (unpaired) electrons. The molecule has 2 aromatic carbocycles. The third-order valence-corrected chi connectivity index (χ3v) is 3.73. The van der Waals surface area contributed by atoms with Gasteiger partial charge >= 0.3 is 0 Å². The highest BCUT2D eigenvalue weighted by molar-refractivity contribution is 9.10. The number of halogens is 4. The Morgan fingerprint density at radius 3 is 2.53 bits per heavy atom. The number of hydrogen-bond acceptors (Lipinski definition) is 2. The zero-order valence-electron chi connectivity index (χ0n) is 9.59. The highest BCUT2D eigenvalue weighted by atomic mass is 79.9. The maximum absolute atomic E-state index is 13.1. The van der Waals surface area contributed by atoms with Gasteiger partial charge in [0.15, 0.2) is 5.75 Å². The van der Waals surface area contributed by atoms with Gasteiger partial charge in [-0.2, -0.15) is 0 Å². The second-order valence-corrected chi connectivity index (χ2v) is 5.51. The summed E-state index contributed by atoms with van der Waals surface area (Å²) in [6.45, 7) is 0.255. The molecule has 0 fully saturated rings. The molecule has 0 heterocycles. The summed E-state index contributed by atoms with van der Waals surface area (Å²) in [5.41, 5.74) is 6.76. The molecule has 100 valence electrons. The number of benzene rings is 2. The van der Waals surface area contributed by atoms with E-state index in [0.29, 0.717) is 20.3 Å². The van der Waals surface area contributed by atoms with Crippen LogP contribution in [0.4, 0.5) is 10.1 Å². The molecule has 19 heavy (non-hydrogen) atoms. The van der Waals surface area contributed by atoms with Crippen molar-refractivity contribution in [2.75, 3.05) is 5.73 Å². The summed E-state index contributed by atoms with van der Waals surface area (Å²) in [4.78, 5) is 0. The topological polar surface area (TPSA) is 35.2 Å². The van der Waals surface area contributed by atoms with E-state index >= 15 is 0 Å². The first-order valence-corrected chi connectivity index (χ1v) is 6.83. The van der Waals surface area contributed by atoms with Crippen molar-refractivity contribution in [3.63, 3.8) is 0 Å². The summed E-state index contributed by atoms with van der Waals surface area (Å²) in [5, 5.41) is 0.932. The fourth-order valence-corrected chi connectivity index (χ4v) is 2.40. The number of hydrogen-bond donors (Lipinski definition) is 1. The molecule has 2 N–H and O–H groups in total. The van der Waals surface area contributed by atoms with Crippen LogP contribution in [0, 0.1) is 5.82 Å². The number of ether oxygens (including phenoxy) is 1. The zero-order chi connectivity index (χ0) is 14.0. The van der Waals surface area contributed by atoms with Crippen LogP contribution in [0.15, 0.2) is 34.8 Å². The predicted octanol–water partition coefficient (Wildman–Crippen LogP) is 5.06. The fourth-order valence-electron chi connectivity index (χ4n) is 1.52. The lowest BCUT2D eigenvalue weighted by Crippen LogP contribution is -2.00. The summed E-state index contributed by atoms with van der Waals surface area (Å²) >= 11 is 14.9. The monoisotopic (exact) mass is 363 g/mol. The maximum atomic E-state index is 13.1. The van der Waals surface area contributed by atoms with Crippen molar-refractivity contribution in [1.82, 2.24) is 0 Å². The van der Waals surface area contributed by atoms with Crippen molar-refractivity contribution in [3.8, 4) is 5.75 Å². The van der Waals surface area contributed by atoms with Gasteiger partial charge < -0.3 is 10.5 Å². The van der Waals surface area contributed by atoms with Gasteiger partial charge in [0.05, 0.1) is 20.2 Å². The van der Waals surface area contributed by atoms with E-state index in [-0.39, 0.29) is 12.3 Å². The summed E-state index contributed by atoms with van der Waals surface area (Å²) in [7, 11) is 0. The average Bonchev–Trinajstić information content (AvgIpc) is 2.32. The van der Waals surface area contributed by atoms with E-state index in [4.69, 9.17) is 33.7 Å². The average molecular weight is 365 g/mol. The van der Waals surface area contributed by atoms with Crippen molar-refractivity contribution in [1.29, 1.82) is 0 Å². The van der Waals surface area contributed by atoms with Crippen LogP contribution in [0.1, 0.15) is 5.56 Å². The standard InChI is InChI=1S/C13H9BrCl2FNO/c14-9-4-8(17)5-12(18)13(9)19-6-7-1-2-10(15)11(16)3-7/h1-5H,6,18H2. The van der Waals surface area contributed by atoms with Crippen LogP contribution >= 0.6 is 39.1 Å². The molecule has 6 heteroatoms. The molecule has 0 saturated heterocycles. The van der Waals surface area contributed by atoms with Gasteiger partial charge in [0.2, 0.25) is 0 Å². The Labute approximate surface area is 128 Å². The van der Waals surface area contributed by atoms with E-state index < -0.39 is 5.82 Å². The lowest BCUT2D eigenvalue weighted by molar-refractivity contribution is 0.305. The summed E-state index contributed by atoms with van der Waals surface area (Å²) in [5.74, 6) is -0.0289. The Kier molecular flexibility index (Phi) is 4.55. The fraction of sp³-hybridized carbons (Fsp3) is 0.0769. The van der Waals surface area contributed by atoms with Gasteiger partial charge in [-0.15, -0.1) is 0 Å². The summed E-state index contributed by atoms with van der Waals surface area (Å²) < 4.78 is 19.1. The molecule has 0 unspecified atom stereocenters. The third-order valence-electron chi connectivity index (χ3n) is 2.40. The molecule has 0 bridgehead atoms. The summed E-state index contributed by atoms with van der Waals surface area (Å²) in [6.07, 6.45) is 0. The first-order chi connectivity index (χ1) is 8.97. The van der Waals surface area contributed by atoms with Crippen molar-refractivity contribution < 1.29 is 9.13 Å². The second-order valence-electron chi connectivity index (χ2n) is 3.84. The molecule has 2 aromatic rings. The molecule has 0 aliphatic carbocycles. The molecule has 0 spiro atoms. The molecule has 2 rings (SSSR count). The Bertz CT molecular complexity index is 599. The molecule has 2 nitrogen and oxygen atoms in total. The van der Waals surface area contributed by atoms with Gasteiger partial charge in [0, 0.05) is 6.07 Å². The van der Waals surface area contributed by atoms with Gasteiger partial charge in [0.25, 0.3) is 0 Å². The smallest absolute Gasteiger partial charge is 0.157 e. The van der Waals surface area contributed by atoms with E-state index in [9.17, 15) is 4.39 Å². The van der Waals surface area contributed by atoms with Gasteiger partial charge in [0.1, 0.15) is 12.4 Å². The number of nitrogens with two attached hydrogens (primary N) is 1. The Balaban J connectivity index is 2.16. The van der Waals surface area contributed by atoms with Crippen LogP contribution in [-0.4, -0.2) is 0 Å². The molecule has 0 aromatic heterocycles. The number of anilines is 1. The van der Waals surface area contributed by atoms with Crippen LogP contribution in [0.2, 0.25) is 10.0 Å². The lowest BCUT2D eigenvalue weighted by atomic mass is 10.2. The Morgan fingerprint density at radius 1 is 1.16 bits per heavy atom. The number of rotatable bonds is 3. The van der Waals surface area contributed by atoms with Gasteiger partial charge in [-0.1, -0.05) is 29.3 Å². The Morgan fingerprint density at radius 2 is 1.89 bits per heavy atom. The highest BCUT2D eigenvalue weighted by Gasteiger charge is 2.09. The first-order valence-electron chi connectivity index (χ1n) is 5.28.